The van der Waals surface area contributed by atoms with Gasteiger partial charge in [-0.25, -0.2) is 4.68 Å². The van der Waals surface area contributed by atoms with Crippen LogP contribution in [0.15, 0.2) is 6.20 Å². The predicted molar refractivity (Wildman–Crippen MR) is 62.9 cm³/mol. The molecule has 0 saturated carbocycles. The van der Waals surface area contributed by atoms with Crippen molar-refractivity contribution >= 4 is 0 Å². The Balaban J connectivity index is 2.51. The van der Waals surface area contributed by atoms with Crippen molar-refractivity contribution in [2.24, 2.45) is 5.73 Å². The monoisotopic (exact) mass is 226 g/mol. The van der Waals surface area contributed by atoms with Crippen LogP contribution in [-0.4, -0.2) is 28.2 Å². The molecule has 0 aliphatic carbocycles. The van der Waals surface area contributed by atoms with Crippen molar-refractivity contribution in [2.75, 3.05) is 7.11 Å². The largest absolute Gasteiger partial charge is 0.382 e. The molecule has 0 saturated heterocycles. The van der Waals surface area contributed by atoms with Gasteiger partial charge in [0.1, 0.15) is 0 Å². The first-order valence-electron chi connectivity index (χ1n) is 5.85. The van der Waals surface area contributed by atoms with E-state index in [1.165, 1.54) is 0 Å². The van der Waals surface area contributed by atoms with Gasteiger partial charge in [0.25, 0.3) is 0 Å². The van der Waals surface area contributed by atoms with Gasteiger partial charge in [0.15, 0.2) is 0 Å². The Morgan fingerprint density at radius 2 is 2.25 bits per heavy atom. The Morgan fingerprint density at radius 1 is 1.50 bits per heavy atom. The summed E-state index contributed by atoms with van der Waals surface area (Å²) in [4.78, 5) is 0. The van der Waals surface area contributed by atoms with Gasteiger partial charge in [0.2, 0.25) is 0 Å². The lowest BCUT2D eigenvalue weighted by atomic mass is 10.1. The number of nitrogens with zero attached hydrogens (tertiary/aromatic N) is 3. The first-order valence-corrected chi connectivity index (χ1v) is 5.85. The third-order valence-corrected chi connectivity index (χ3v) is 2.75. The van der Waals surface area contributed by atoms with Crippen LogP contribution in [0.4, 0.5) is 0 Å². The van der Waals surface area contributed by atoms with Crippen LogP contribution in [0.25, 0.3) is 0 Å². The summed E-state index contributed by atoms with van der Waals surface area (Å²) in [5.41, 5.74) is 7.14. The number of aromatic nitrogens is 3. The molecular formula is C11H22N4O. The summed E-state index contributed by atoms with van der Waals surface area (Å²) in [5.74, 6) is 0. The highest BCUT2D eigenvalue weighted by Crippen LogP contribution is 2.16. The number of hydrogen-bond acceptors (Lipinski definition) is 4. The first-order chi connectivity index (χ1) is 7.69. The molecule has 2 unspecified atom stereocenters. The molecule has 0 bridgehead atoms. The molecule has 0 fully saturated rings. The molecule has 0 amide bonds. The minimum Gasteiger partial charge on any atom is -0.382 e. The second-order valence-corrected chi connectivity index (χ2v) is 4.11. The molecule has 0 aliphatic heterocycles. The van der Waals surface area contributed by atoms with Crippen molar-refractivity contribution in [1.29, 1.82) is 0 Å². The van der Waals surface area contributed by atoms with Gasteiger partial charge in [-0.15, -0.1) is 5.10 Å². The number of rotatable bonds is 7. The van der Waals surface area contributed by atoms with Gasteiger partial charge in [-0.1, -0.05) is 12.1 Å². The Morgan fingerprint density at radius 3 is 2.88 bits per heavy atom. The molecular weight excluding hydrogens is 204 g/mol. The zero-order valence-corrected chi connectivity index (χ0v) is 10.4. The molecule has 0 spiro atoms. The van der Waals surface area contributed by atoms with E-state index in [1.54, 1.807) is 13.3 Å². The minimum atomic E-state index is -0.000787. The van der Waals surface area contributed by atoms with Gasteiger partial charge in [-0.3, -0.25) is 0 Å². The molecule has 1 rings (SSSR count). The molecule has 16 heavy (non-hydrogen) atoms. The topological polar surface area (TPSA) is 66.0 Å². The maximum Gasteiger partial charge on any atom is 0.0754 e. The van der Waals surface area contributed by atoms with Crippen LogP contribution in [0.5, 0.6) is 0 Å². The maximum absolute atomic E-state index is 6.12. The number of hydrogen-bond donors (Lipinski definition) is 1. The maximum atomic E-state index is 6.12. The summed E-state index contributed by atoms with van der Waals surface area (Å²) in [6.45, 7) is 5.04. The summed E-state index contributed by atoms with van der Waals surface area (Å²) in [6, 6.07) is -0.000787. The van der Waals surface area contributed by atoms with E-state index in [4.69, 9.17) is 10.5 Å². The van der Waals surface area contributed by atoms with Crippen LogP contribution in [0.2, 0.25) is 0 Å². The van der Waals surface area contributed by atoms with E-state index < -0.39 is 0 Å². The van der Waals surface area contributed by atoms with Crippen molar-refractivity contribution in [2.45, 2.75) is 51.8 Å². The van der Waals surface area contributed by atoms with Crippen LogP contribution in [-0.2, 0) is 11.3 Å². The molecule has 1 aromatic heterocycles. The molecule has 0 aromatic carbocycles. The van der Waals surface area contributed by atoms with Crippen LogP contribution in [0.1, 0.15) is 44.8 Å². The molecule has 2 atom stereocenters. The minimum absolute atomic E-state index is 0.000787. The van der Waals surface area contributed by atoms with Crippen molar-refractivity contribution in [3.63, 3.8) is 0 Å². The molecule has 5 nitrogen and oxygen atoms in total. The summed E-state index contributed by atoms with van der Waals surface area (Å²) < 4.78 is 7.09. The Labute approximate surface area is 97.0 Å². The molecule has 92 valence electrons. The van der Waals surface area contributed by atoms with Gasteiger partial charge in [-0.2, -0.15) is 0 Å². The van der Waals surface area contributed by atoms with E-state index in [9.17, 15) is 0 Å². The van der Waals surface area contributed by atoms with Crippen molar-refractivity contribution < 1.29 is 4.74 Å². The van der Waals surface area contributed by atoms with E-state index in [1.807, 2.05) is 11.6 Å². The van der Waals surface area contributed by atoms with Gasteiger partial charge in [0, 0.05) is 19.7 Å². The fourth-order valence-corrected chi connectivity index (χ4v) is 1.62. The van der Waals surface area contributed by atoms with E-state index in [2.05, 4.69) is 17.2 Å². The van der Waals surface area contributed by atoms with E-state index in [0.717, 1.165) is 31.5 Å². The average Bonchev–Trinajstić information content (AvgIpc) is 2.74. The molecule has 0 radical (unpaired) electrons. The third-order valence-electron chi connectivity index (χ3n) is 2.75. The lowest BCUT2D eigenvalue weighted by molar-refractivity contribution is 0.107. The average molecular weight is 226 g/mol. The quantitative estimate of drug-likeness (QED) is 0.765. The van der Waals surface area contributed by atoms with Crippen molar-refractivity contribution in [1.82, 2.24) is 15.0 Å². The zero-order valence-electron chi connectivity index (χ0n) is 10.4. The number of nitrogens with two attached hydrogens (primary N) is 1. The molecule has 1 heterocycles. The summed E-state index contributed by atoms with van der Waals surface area (Å²) in [5, 5.41) is 7.94. The normalized spacial score (nSPS) is 15.0. The fourth-order valence-electron chi connectivity index (χ4n) is 1.62. The van der Waals surface area contributed by atoms with E-state index >= 15 is 0 Å². The van der Waals surface area contributed by atoms with Gasteiger partial charge in [0.05, 0.1) is 18.0 Å². The highest BCUT2D eigenvalue weighted by molar-refractivity contribution is 5.01. The van der Waals surface area contributed by atoms with E-state index in [0.29, 0.717) is 0 Å². The molecule has 2 N–H and O–H groups in total. The van der Waals surface area contributed by atoms with Crippen molar-refractivity contribution in [3.05, 3.63) is 11.9 Å². The highest BCUT2D eigenvalue weighted by atomic mass is 16.5. The predicted octanol–water partition coefficient (Wildman–Crippen LogP) is 1.50. The molecule has 1 aromatic rings. The third kappa shape index (κ3) is 3.57. The van der Waals surface area contributed by atoms with Crippen LogP contribution >= 0.6 is 0 Å². The number of methoxy groups -OCH3 is 1. The van der Waals surface area contributed by atoms with Crippen LogP contribution < -0.4 is 5.73 Å². The standard InChI is InChI=1S/C11H22N4O/c1-4-7-15-11(8-13-14-15)10(12)6-5-9(2)16-3/h8-10H,4-7,12H2,1-3H3. The Bertz CT molecular complexity index is 300. The first kappa shape index (κ1) is 13.1. The van der Waals surface area contributed by atoms with Crippen LogP contribution in [0, 0.1) is 0 Å². The van der Waals surface area contributed by atoms with Gasteiger partial charge >= 0.3 is 0 Å². The summed E-state index contributed by atoms with van der Waals surface area (Å²) >= 11 is 0. The van der Waals surface area contributed by atoms with Crippen molar-refractivity contribution in [3.8, 4) is 0 Å². The lowest BCUT2D eigenvalue weighted by Gasteiger charge is -2.15. The van der Waals surface area contributed by atoms with E-state index in [-0.39, 0.29) is 12.1 Å². The molecule has 0 aliphatic rings. The SMILES string of the molecule is CCCn1nncc1C(N)CCC(C)OC. The van der Waals surface area contributed by atoms with Crippen LogP contribution in [0.3, 0.4) is 0 Å². The smallest absolute Gasteiger partial charge is 0.0754 e. The number of ether oxygens (including phenoxy) is 1. The second-order valence-electron chi connectivity index (χ2n) is 4.11. The lowest BCUT2D eigenvalue weighted by Crippen LogP contribution is -2.18. The van der Waals surface area contributed by atoms with Gasteiger partial charge < -0.3 is 10.5 Å². The fraction of sp³-hybridized carbons (Fsp3) is 0.818. The summed E-state index contributed by atoms with van der Waals surface area (Å²) in [6.07, 6.45) is 4.90. The zero-order chi connectivity index (χ0) is 12.0. The van der Waals surface area contributed by atoms with Gasteiger partial charge in [-0.05, 0) is 26.2 Å². The molecule has 5 heteroatoms. The highest BCUT2D eigenvalue weighted by Gasteiger charge is 2.13. The summed E-state index contributed by atoms with van der Waals surface area (Å²) in [7, 11) is 1.72. The Kier molecular flexibility index (Phi) is 5.42. The second kappa shape index (κ2) is 6.60. The number of aryl methyl sites for hydroxylation is 1. The Hall–Kier alpha value is -0.940.